The van der Waals surface area contributed by atoms with Gasteiger partial charge in [0.05, 0.1) is 18.7 Å². The van der Waals surface area contributed by atoms with Crippen LogP contribution in [0.4, 0.5) is 5.82 Å². The number of nitrogens with zero attached hydrogens (tertiary/aromatic N) is 3. The highest BCUT2D eigenvalue weighted by Gasteiger charge is 2.13. The highest BCUT2D eigenvalue weighted by molar-refractivity contribution is 5.75. The maximum absolute atomic E-state index is 10.5. The van der Waals surface area contributed by atoms with Crippen LogP contribution in [0.15, 0.2) is 12.1 Å². The monoisotopic (exact) mass is 261 g/mol. The van der Waals surface area contributed by atoms with E-state index in [1.807, 2.05) is 12.1 Å². The molecule has 2 aromatic rings. The number of hydrogen-bond donors (Lipinski definition) is 1. The Morgan fingerprint density at radius 3 is 2.89 bits per heavy atom. The quantitative estimate of drug-likeness (QED) is 0.768. The van der Waals surface area contributed by atoms with Gasteiger partial charge in [-0.1, -0.05) is 0 Å². The number of aliphatic carboxylic acids is 1. The molecule has 3 heterocycles. The molecular formula is C12H13N4O3-. The molecule has 1 N–H and O–H groups in total. The predicted molar refractivity (Wildman–Crippen MR) is 65.6 cm³/mol. The molecular weight excluding hydrogens is 248 g/mol. The second-order valence-corrected chi connectivity index (χ2v) is 4.37. The number of morpholine rings is 1. The summed E-state index contributed by atoms with van der Waals surface area (Å²) in [6, 6.07) is 3.76. The SMILES string of the molecule is O=C([O-])Cc1nc2nc(N3CCOCC3)ccc2[nH]1. The number of carbonyl (C=O) groups is 1. The van der Waals surface area contributed by atoms with E-state index >= 15 is 0 Å². The first-order valence-electron chi connectivity index (χ1n) is 6.10. The number of nitrogens with one attached hydrogen (secondary N) is 1. The van der Waals surface area contributed by atoms with Crippen molar-refractivity contribution < 1.29 is 14.6 Å². The lowest BCUT2D eigenvalue weighted by Gasteiger charge is -2.27. The van der Waals surface area contributed by atoms with Crippen LogP contribution in [-0.2, 0) is 16.0 Å². The molecule has 0 spiro atoms. The number of carboxylic acid groups (broad SMARTS) is 1. The number of hydrogen-bond acceptors (Lipinski definition) is 6. The minimum Gasteiger partial charge on any atom is -0.550 e. The van der Waals surface area contributed by atoms with Gasteiger partial charge in [0, 0.05) is 25.5 Å². The molecule has 100 valence electrons. The highest BCUT2D eigenvalue weighted by Crippen LogP contribution is 2.17. The normalized spacial score (nSPS) is 15.9. The fourth-order valence-electron chi connectivity index (χ4n) is 2.12. The fourth-order valence-corrected chi connectivity index (χ4v) is 2.12. The summed E-state index contributed by atoms with van der Waals surface area (Å²) in [5.41, 5.74) is 1.26. The molecule has 0 saturated carbocycles. The number of rotatable bonds is 3. The molecule has 7 heteroatoms. The Kier molecular flexibility index (Phi) is 3.04. The maximum atomic E-state index is 10.5. The van der Waals surface area contributed by atoms with Crippen molar-refractivity contribution in [2.24, 2.45) is 0 Å². The number of imidazole rings is 1. The van der Waals surface area contributed by atoms with Gasteiger partial charge in [0.2, 0.25) is 0 Å². The van der Waals surface area contributed by atoms with Crippen LogP contribution >= 0.6 is 0 Å². The van der Waals surface area contributed by atoms with Gasteiger partial charge in [-0.2, -0.15) is 0 Å². The van der Waals surface area contributed by atoms with Gasteiger partial charge in [0.15, 0.2) is 5.65 Å². The molecule has 2 aromatic heterocycles. The predicted octanol–water partition coefficient (Wildman–Crippen LogP) is -0.913. The molecule has 0 aromatic carbocycles. The molecule has 0 atom stereocenters. The van der Waals surface area contributed by atoms with Gasteiger partial charge in [0.1, 0.15) is 11.6 Å². The lowest BCUT2D eigenvalue weighted by atomic mass is 10.3. The van der Waals surface area contributed by atoms with E-state index in [1.54, 1.807) is 0 Å². The average Bonchev–Trinajstić information content (AvgIpc) is 2.79. The van der Waals surface area contributed by atoms with Crippen molar-refractivity contribution in [2.45, 2.75) is 6.42 Å². The van der Waals surface area contributed by atoms with E-state index in [9.17, 15) is 9.90 Å². The molecule has 0 unspecified atom stereocenters. The smallest absolute Gasteiger partial charge is 0.179 e. The average molecular weight is 261 g/mol. The van der Waals surface area contributed by atoms with E-state index in [-0.39, 0.29) is 6.42 Å². The Hall–Kier alpha value is -2.15. The molecule has 0 bridgehead atoms. The van der Waals surface area contributed by atoms with Crippen LogP contribution in [0.3, 0.4) is 0 Å². The van der Waals surface area contributed by atoms with Crippen LogP contribution < -0.4 is 10.0 Å². The minimum atomic E-state index is -1.16. The minimum absolute atomic E-state index is 0.233. The van der Waals surface area contributed by atoms with Crippen molar-refractivity contribution in [3.63, 3.8) is 0 Å². The Bertz CT molecular complexity index is 604. The largest absolute Gasteiger partial charge is 0.550 e. The summed E-state index contributed by atoms with van der Waals surface area (Å²) in [6.45, 7) is 2.98. The van der Waals surface area contributed by atoms with Gasteiger partial charge in [-0.15, -0.1) is 0 Å². The van der Waals surface area contributed by atoms with Gasteiger partial charge >= 0.3 is 0 Å². The summed E-state index contributed by atoms with van der Waals surface area (Å²) >= 11 is 0. The van der Waals surface area contributed by atoms with Crippen molar-refractivity contribution in [1.29, 1.82) is 0 Å². The van der Waals surface area contributed by atoms with E-state index in [2.05, 4.69) is 19.9 Å². The lowest BCUT2D eigenvalue weighted by molar-refractivity contribution is -0.304. The molecule has 0 amide bonds. The number of anilines is 1. The summed E-state index contributed by atoms with van der Waals surface area (Å²) in [5, 5.41) is 10.5. The number of aromatic nitrogens is 3. The third-order valence-corrected chi connectivity index (χ3v) is 3.03. The fraction of sp³-hybridized carbons (Fsp3) is 0.417. The highest BCUT2D eigenvalue weighted by atomic mass is 16.5. The van der Waals surface area contributed by atoms with Gasteiger partial charge in [-0.25, -0.2) is 9.97 Å². The van der Waals surface area contributed by atoms with Crippen LogP contribution in [0, 0.1) is 0 Å². The lowest BCUT2D eigenvalue weighted by Crippen LogP contribution is -2.36. The Labute approximate surface area is 109 Å². The zero-order valence-corrected chi connectivity index (χ0v) is 10.3. The van der Waals surface area contributed by atoms with Gasteiger partial charge in [-0.3, -0.25) is 0 Å². The van der Waals surface area contributed by atoms with E-state index in [1.165, 1.54) is 0 Å². The first-order chi connectivity index (χ1) is 9.22. The molecule has 0 radical (unpaired) electrons. The van der Waals surface area contributed by atoms with E-state index in [4.69, 9.17) is 4.74 Å². The molecule has 19 heavy (non-hydrogen) atoms. The zero-order chi connectivity index (χ0) is 13.2. The molecule has 1 saturated heterocycles. The van der Waals surface area contributed by atoms with Crippen molar-refractivity contribution in [1.82, 2.24) is 15.0 Å². The Balaban J connectivity index is 1.89. The summed E-state index contributed by atoms with van der Waals surface area (Å²) in [4.78, 5) is 24.2. The van der Waals surface area contributed by atoms with Crippen molar-refractivity contribution >= 4 is 23.0 Å². The van der Waals surface area contributed by atoms with Crippen LogP contribution in [0.5, 0.6) is 0 Å². The topological polar surface area (TPSA) is 94.2 Å². The van der Waals surface area contributed by atoms with E-state index < -0.39 is 5.97 Å². The number of ether oxygens (including phenoxy) is 1. The molecule has 1 aliphatic heterocycles. The molecule has 7 nitrogen and oxygen atoms in total. The number of carboxylic acids is 1. The Morgan fingerprint density at radius 2 is 2.16 bits per heavy atom. The van der Waals surface area contributed by atoms with Gasteiger partial charge in [0.25, 0.3) is 0 Å². The third-order valence-electron chi connectivity index (χ3n) is 3.03. The van der Waals surface area contributed by atoms with Crippen molar-refractivity contribution in [3.8, 4) is 0 Å². The van der Waals surface area contributed by atoms with Crippen LogP contribution in [-0.4, -0.2) is 47.2 Å². The summed E-state index contributed by atoms with van der Waals surface area (Å²) in [5.74, 6) is 0.0383. The molecule has 0 aliphatic carbocycles. The number of H-pyrrole nitrogens is 1. The van der Waals surface area contributed by atoms with Gasteiger partial charge < -0.3 is 24.5 Å². The summed E-state index contributed by atoms with van der Waals surface area (Å²) in [6.07, 6.45) is -0.233. The van der Waals surface area contributed by atoms with Gasteiger partial charge in [-0.05, 0) is 12.1 Å². The third kappa shape index (κ3) is 2.50. The summed E-state index contributed by atoms with van der Waals surface area (Å²) in [7, 11) is 0. The second kappa shape index (κ2) is 4.85. The van der Waals surface area contributed by atoms with E-state index in [0.29, 0.717) is 24.7 Å². The number of carbonyl (C=O) groups excluding carboxylic acids is 1. The summed E-state index contributed by atoms with van der Waals surface area (Å²) < 4.78 is 5.29. The maximum Gasteiger partial charge on any atom is 0.179 e. The van der Waals surface area contributed by atoms with Crippen LogP contribution in [0.2, 0.25) is 0 Å². The number of pyridine rings is 1. The number of aromatic amines is 1. The molecule has 1 aliphatic rings. The Morgan fingerprint density at radius 1 is 1.37 bits per heavy atom. The van der Waals surface area contributed by atoms with Crippen LogP contribution in [0.1, 0.15) is 5.82 Å². The first-order valence-corrected chi connectivity index (χ1v) is 6.10. The number of fused-ring (bicyclic) bond motifs is 1. The second-order valence-electron chi connectivity index (χ2n) is 4.37. The van der Waals surface area contributed by atoms with E-state index in [0.717, 1.165) is 24.4 Å². The molecule has 1 fully saturated rings. The molecule has 3 rings (SSSR count). The standard InChI is InChI=1S/C12H14N4O3/c17-11(18)7-9-13-8-1-2-10(15-12(8)14-9)16-3-5-19-6-4-16/h1-2H,3-7H2,(H,17,18)(H,13,14,15)/p-1. The zero-order valence-electron chi connectivity index (χ0n) is 10.3. The first kappa shape index (κ1) is 11.9. The van der Waals surface area contributed by atoms with Crippen molar-refractivity contribution in [3.05, 3.63) is 18.0 Å². The van der Waals surface area contributed by atoms with Crippen LogP contribution in [0.25, 0.3) is 11.2 Å². The van der Waals surface area contributed by atoms with Crippen molar-refractivity contribution in [2.75, 3.05) is 31.2 Å².